The maximum atomic E-state index is 12.4. The van der Waals surface area contributed by atoms with Crippen molar-refractivity contribution in [1.29, 1.82) is 0 Å². The van der Waals surface area contributed by atoms with Gasteiger partial charge in [-0.2, -0.15) is 0 Å². The molecule has 110 valence electrons. The van der Waals surface area contributed by atoms with Crippen molar-refractivity contribution in [2.24, 2.45) is 11.8 Å². The molecule has 4 nitrogen and oxygen atoms in total. The minimum atomic E-state index is -3.20. The molecule has 1 heterocycles. The van der Waals surface area contributed by atoms with Gasteiger partial charge in [-0.15, -0.1) is 0 Å². The van der Waals surface area contributed by atoms with E-state index in [9.17, 15) is 13.5 Å². The molecule has 1 aromatic rings. The zero-order chi connectivity index (χ0) is 14.2. The molecule has 5 heteroatoms. The topological polar surface area (TPSA) is 57.6 Å². The van der Waals surface area contributed by atoms with Gasteiger partial charge in [-0.1, -0.05) is 30.3 Å². The van der Waals surface area contributed by atoms with Gasteiger partial charge in [0.25, 0.3) is 0 Å². The van der Waals surface area contributed by atoms with E-state index in [1.165, 1.54) is 0 Å². The Morgan fingerprint density at radius 3 is 2.60 bits per heavy atom. The lowest BCUT2D eigenvalue weighted by Gasteiger charge is -2.18. The average Bonchev–Trinajstić information content (AvgIpc) is 3.01. The van der Waals surface area contributed by atoms with E-state index in [2.05, 4.69) is 0 Å². The Morgan fingerprint density at radius 1 is 1.15 bits per heavy atom. The SMILES string of the molecule is O=S(=O)(CCc1ccccc1)N1CC2CCC(O)C2C1. The molecule has 1 N–H and O–H groups in total. The van der Waals surface area contributed by atoms with Crippen molar-refractivity contribution in [2.45, 2.75) is 25.4 Å². The Kier molecular flexibility index (Phi) is 3.84. The second-order valence-electron chi connectivity index (χ2n) is 5.94. The number of nitrogens with zero attached hydrogens (tertiary/aromatic N) is 1. The van der Waals surface area contributed by atoms with Crippen LogP contribution in [0.2, 0.25) is 0 Å². The largest absolute Gasteiger partial charge is 0.393 e. The molecule has 2 aliphatic rings. The van der Waals surface area contributed by atoms with Gasteiger partial charge in [0, 0.05) is 19.0 Å². The van der Waals surface area contributed by atoms with Gasteiger partial charge in [0.2, 0.25) is 10.0 Å². The normalized spacial score (nSPS) is 30.6. The Labute approximate surface area is 120 Å². The quantitative estimate of drug-likeness (QED) is 0.910. The molecule has 0 bridgehead atoms. The van der Waals surface area contributed by atoms with Crippen molar-refractivity contribution in [3.8, 4) is 0 Å². The molecular formula is C15H21NO3S. The summed E-state index contributed by atoms with van der Waals surface area (Å²) in [6, 6.07) is 9.70. The van der Waals surface area contributed by atoms with Crippen LogP contribution in [0.1, 0.15) is 18.4 Å². The summed E-state index contributed by atoms with van der Waals surface area (Å²) < 4.78 is 26.4. The minimum absolute atomic E-state index is 0.154. The van der Waals surface area contributed by atoms with E-state index in [1.54, 1.807) is 4.31 Å². The summed E-state index contributed by atoms with van der Waals surface area (Å²) >= 11 is 0. The maximum Gasteiger partial charge on any atom is 0.214 e. The predicted molar refractivity (Wildman–Crippen MR) is 77.7 cm³/mol. The molecule has 1 aliphatic heterocycles. The van der Waals surface area contributed by atoms with Crippen LogP contribution in [0.15, 0.2) is 30.3 Å². The molecule has 20 heavy (non-hydrogen) atoms. The number of fused-ring (bicyclic) bond motifs is 1. The fourth-order valence-electron chi connectivity index (χ4n) is 3.44. The average molecular weight is 295 g/mol. The first-order valence-electron chi connectivity index (χ1n) is 7.26. The van der Waals surface area contributed by atoms with Crippen molar-refractivity contribution in [3.05, 3.63) is 35.9 Å². The van der Waals surface area contributed by atoms with E-state index >= 15 is 0 Å². The van der Waals surface area contributed by atoms with Gasteiger partial charge in [-0.25, -0.2) is 12.7 Å². The molecule has 1 aliphatic carbocycles. The first-order chi connectivity index (χ1) is 9.56. The molecule has 0 amide bonds. The Bertz CT molecular complexity index is 558. The molecule has 1 aromatic carbocycles. The second kappa shape index (κ2) is 5.47. The molecule has 3 unspecified atom stereocenters. The third-order valence-electron chi connectivity index (χ3n) is 4.67. The summed E-state index contributed by atoms with van der Waals surface area (Å²) in [5.74, 6) is 0.671. The number of hydrogen-bond donors (Lipinski definition) is 1. The lowest BCUT2D eigenvalue weighted by atomic mass is 10.00. The van der Waals surface area contributed by atoms with Crippen LogP contribution >= 0.6 is 0 Å². The number of hydrogen-bond acceptors (Lipinski definition) is 3. The van der Waals surface area contributed by atoms with E-state index in [0.717, 1.165) is 18.4 Å². The molecule has 0 spiro atoms. The Balaban J connectivity index is 1.62. The summed E-state index contributed by atoms with van der Waals surface area (Å²) in [4.78, 5) is 0. The number of aliphatic hydroxyl groups excluding tert-OH is 1. The van der Waals surface area contributed by atoms with E-state index < -0.39 is 10.0 Å². The van der Waals surface area contributed by atoms with Crippen LogP contribution in [0.5, 0.6) is 0 Å². The van der Waals surface area contributed by atoms with Crippen LogP contribution in [0.3, 0.4) is 0 Å². The van der Waals surface area contributed by atoms with Gasteiger partial charge in [-0.3, -0.25) is 0 Å². The Hall–Kier alpha value is -0.910. The van der Waals surface area contributed by atoms with Crippen LogP contribution in [0.4, 0.5) is 0 Å². The maximum absolute atomic E-state index is 12.4. The molecule has 0 radical (unpaired) electrons. The summed E-state index contributed by atoms with van der Waals surface area (Å²) in [6.07, 6.45) is 2.02. The smallest absolute Gasteiger partial charge is 0.214 e. The first-order valence-corrected chi connectivity index (χ1v) is 8.87. The van der Waals surface area contributed by atoms with Gasteiger partial charge >= 0.3 is 0 Å². The highest BCUT2D eigenvalue weighted by Gasteiger charge is 2.45. The number of aliphatic hydroxyl groups is 1. The third kappa shape index (κ3) is 2.75. The van der Waals surface area contributed by atoms with Gasteiger partial charge in [-0.05, 0) is 30.7 Å². The van der Waals surface area contributed by atoms with Gasteiger partial charge in [0.15, 0.2) is 0 Å². The van der Waals surface area contributed by atoms with Crippen molar-refractivity contribution in [2.75, 3.05) is 18.8 Å². The van der Waals surface area contributed by atoms with Crippen LogP contribution in [0, 0.1) is 11.8 Å². The lowest BCUT2D eigenvalue weighted by Crippen LogP contribution is -2.33. The molecule has 1 saturated carbocycles. The minimum Gasteiger partial charge on any atom is -0.393 e. The number of rotatable bonds is 4. The van der Waals surface area contributed by atoms with Crippen LogP contribution in [-0.2, 0) is 16.4 Å². The highest BCUT2D eigenvalue weighted by Crippen LogP contribution is 2.39. The third-order valence-corrected chi connectivity index (χ3v) is 6.48. The summed E-state index contributed by atoms with van der Waals surface area (Å²) in [6.45, 7) is 1.10. The second-order valence-corrected chi connectivity index (χ2v) is 8.03. The van der Waals surface area contributed by atoms with Crippen LogP contribution < -0.4 is 0 Å². The standard InChI is InChI=1S/C15H21NO3S/c17-15-7-6-13-10-16(11-14(13)15)20(18,19)9-8-12-4-2-1-3-5-12/h1-5,13-15,17H,6-11H2. The van der Waals surface area contributed by atoms with Gasteiger partial charge < -0.3 is 5.11 Å². The number of aryl methyl sites for hydroxylation is 1. The summed E-state index contributed by atoms with van der Waals surface area (Å²) in [7, 11) is -3.20. The van der Waals surface area contributed by atoms with Crippen LogP contribution in [-0.4, -0.2) is 42.8 Å². The predicted octanol–water partition coefficient (Wildman–Crippen LogP) is 1.26. The fourth-order valence-corrected chi connectivity index (χ4v) is 5.01. The van der Waals surface area contributed by atoms with Crippen molar-refractivity contribution < 1.29 is 13.5 Å². The van der Waals surface area contributed by atoms with Crippen LogP contribution in [0.25, 0.3) is 0 Å². The monoisotopic (exact) mass is 295 g/mol. The van der Waals surface area contributed by atoms with E-state index in [-0.39, 0.29) is 17.8 Å². The molecule has 2 fully saturated rings. The fraction of sp³-hybridized carbons (Fsp3) is 0.600. The first kappa shape index (κ1) is 14.0. The van der Waals surface area contributed by atoms with Crippen molar-refractivity contribution in [3.63, 3.8) is 0 Å². The van der Waals surface area contributed by atoms with E-state index in [0.29, 0.717) is 25.4 Å². The zero-order valence-electron chi connectivity index (χ0n) is 11.5. The molecule has 3 rings (SSSR count). The van der Waals surface area contributed by atoms with Gasteiger partial charge in [0.05, 0.1) is 11.9 Å². The summed E-state index contributed by atoms with van der Waals surface area (Å²) in [5.41, 5.74) is 1.05. The van der Waals surface area contributed by atoms with Gasteiger partial charge in [0.1, 0.15) is 0 Å². The Morgan fingerprint density at radius 2 is 1.90 bits per heavy atom. The van der Waals surface area contributed by atoms with Crippen molar-refractivity contribution >= 4 is 10.0 Å². The lowest BCUT2D eigenvalue weighted by molar-refractivity contribution is 0.129. The zero-order valence-corrected chi connectivity index (χ0v) is 12.3. The molecular weight excluding hydrogens is 274 g/mol. The van der Waals surface area contributed by atoms with E-state index in [1.807, 2.05) is 30.3 Å². The number of benzene rings is 1. The van der Waals surface area contributed by atoms with Crippen molar-refractivity contribution in [1.82, 2.24) is 4.31 Å². The summed E-state index contributed by atoms with van der Waals surface area (Å²) in [5, 5.41) is 9.87. The highest BCUT2D eigenvalue weighted by atomic mass is 32.2. The highest BCUT2D eigenvalue weighted by molar-refractivity contribution is 7.89. The molecule has 0 aromatic heterocycles. The molecule has 1 saturated heterocycles. The number of sulfonamides is 1. The molecule has 3 atom stereocenters. The van der Waals surface area contributed by atoms with E-state index in [4.69, 9.17) is 0 Å².